The second-order valence-corrected chi connectivity index (χ2v) is 4.11. The number of hydrogen-bond acceptors (Lipinski definition) is 1. The van der Waals surface area contributed by atoms with E-state index in [1.54, 1.807) is 6.07 Å². The van der Waals surface area contributed by atoms with Crippen molar-refractivity contribution >= 4 is 0 Å². The highest BCUT2D eigenvalue weighted by Crippen LogP contribution is 2.70. The molecule has 0 heterocycles. The standard InChI is InChI=1S/C11H11F4N/c12-10(13)6-9(10,7-16)11(14,15)8-4-2-1-3-5-8/h1-5H,6-7,16H2. The molecule has 0 saturated heterocycles. The molecule has 88 valence electrons. The van der Waals surface area contributed by atoms with Gasteiger partial charge in [0, 0.05) is 18.5 Å². The lowest BCUT2D eigenvalue weighted by molar-refractivity contribution is -0.120. The van der Waals surface area contributed by atoms with Gasteiger partial charge in [-0.25, -0.2) is 17.6 Å². The Hall–Kier alpha value is -1.10. The highest BCUT2D eigenvalue weighted by molar-refractivity contribution is 5.30. The minimum Gasteiger partial charge on any atom is -0.329 e. The first kappa shape index (κ1) is 11.4. The van der Waals surface area contributed by atoms with Crippen LogP contribution in [0, 0.1) is 5.41 Å². The first-order valence-electron chi connectivity index (χ1n) is 4.89. The van der Waals surface area contributed by atoms with Gasteiger partial charge in [-0.15, -0.1) is 0 Å². The van der Waals surface area contributed by atoms with E-state index < -0.39 is 35.8 Å². The van der Waals surface area contributed by atoms with Gasteiger partial charge in [0.1, 0.15) is 5.41 Å². The molecule has 1 fully saturated rings. The van der Waals surface area contributed by atoms with Crippen molar-refractivity contribution in [3.05, 3.63) is 35.9 Å². The summed E-state index contributed by atoms with van der Waals surface area (Å²) < 4.78 is 54.0. The normalized spacial score (nSPS) is 27.8. The number of benzene rings is 1. The van der Waals surface area contributed by atoms with E-state index in [0.29, 0.717) is 0 Å². The summed E-state index contributed by atoms with van der Waals surface area (Å²) >= 11 is 0. The maximum Gasteiger partial charge on any atom is 0.285 e. The molecule has 1 aliphatic rings. The van der Waals surface area contributed by atoms with Crippen molar-refractivity contribution in [1.82, 2.24) is 0 Å². The van der Waals surface area contributed by atoms with E-state index in [4.69, 9.17) is 5.73 Å². The van der Waals surface area contributed by atoms with Crippen LogP contribution in [0.3, 0.4) is 0 Å². The molecule has 0 aromatic heterocycles. The minimum atomic E-state index is -3.59. The van der Waals surface area contributed by atoms with Crippen LogP contribution in [0.15, 0.2) is 30.3 Å². The second kappa shape index (κ2) is 3.20. The molecule has 1 aromatic rings. The van der Waals surface area contributed by atoms with Crippen molar-refractivity contribution in [2.75, 3.05) is 6.54 Å². The Bertz CT molecular complexity index is 390. The van der Waals surface area contributed by atoms with Gasteiger partial charge in [0.2, 0.25) is 0 Å². The van der Waals surface area contributed by atoms with Crippen molar-refractivity contribution < 1.29 is 17.6 Å². The molecule has 1 aliphatic carbocycles. The number of hydrogen-bond donors (Lipinski definition) is 1. The third-order valence-corrected chi connectivity index (χ3v) is 3.18. The van der Waals surface area contributed by atoms with Gasteiger partial charge in [-0.3, -0.25) is 0 Å². The molecular weight excluding hydrogens is 222 g/mol. The van der Waals surface area contributed by atoms with Gasteiger partial charge >= 0.3 is 0 Å². The van der Waals surface area contributed by atoms with Crippen LogP contribution in [0.1, 0.15) is 12.0 Å². The molecular formula is C11H11F4N. The van der Waals surface area contributed by atoms with Gasteiger partial charge in [0.25, 0.3) is 11.8 Å². The van der Waals surface area contributed by atoms with Gasteiger partial charge in [-0.2, -0.15) is 0 Å². The summed E-state index contributed by atoms with van der Waals surface area (Å²) in [6.07, 6.45) is -0.849. The van der Waals surface area contributed by atoms with Crippen molar-refractivity contribution in [2.45, 2.75) is 18.3 Å². The molecule has 5 heteroatoms. The van der Waals surface area contributed by atoms with Crippen molar-refractivity contribution in [3.8, 4) is 0 Å². The zero-order valence-corrected chi connectivity index (χ0v) is 8.39. The van der Waals surface area contributed by atoms with E-state index in [0.717, 1.165) is 12.1 Å². The molecule has 16 heavy (non-hydrogen) atoms. The van der Waals surface area contributed by atoms with Gasteiger partial charge in [0.15, 0.2) is 0 Å². The summed E-state index contributed by atoms with van der Waals surface area (Å²) in [5, 5.41) is 0. The molecule has 0 spiro atoms. The van der Waals surface area contributed by atoms with E-state index in [2.05, 4.69) is 0 Å². The van der Waals surface area contributed by atoms with Crippen LogP contribution in [-0.4, -0.2) is 12.5 Å². The Morgan fingerprint density at radius 1 is 1.19 bits per heavy atom. The summed E-state index contributed by atoms with van der Waals surface area (Å²) in [6, 6.07) is 6.64. The Kier molecular flexibility index (Phi) is 2.28. The topological polar surface area (TPSA) is 26.0 Å². The minimum absolute atomic E-state index is 0.405. The molecule has 1 atom stereocenters. The van der Waals surface area contributed by atoms with Crippen LogP contribution in [0.4, 0.5) is 17.6 Å². The summed E-state index contributed by atoms with van der Waals surface area (Å²) in [6.45, 7) is -0.720. The average Bonchev–Trinajstić information content (AvgIpc) is 2.84. The molecule has 2 rings (SSSR count). The van der Waals surface area contributed by atoms with E-state index >= 15 is 0 Å². The predicted molar refractivity (Wildman–Crippen MR) is 51.4 cm³/mol. The Balaban J connectivity index is 2.41. The third kappa shape index (κ3) is 1.27. The Labute approximate surface area is 90.3 Å². The molecule has 1 aromatic carbocycles. The van der Waals surface area contributed by atoms with Crippen LogP contribution in [-0.2, 0) is 5.92 Å². The summed E-state index contributed by atoms with van der Waals surface area (Å²) in [5.74, 6) is -6.96. The van der Waals surface area contributed by atoms with E-state index in [1.807, 2.05) is 0 Å². The fraction of sp³-hybridized carbons (Fsp3) is 0.455. The lowest BCUT2D eigenvalue weighted by atomic mass is 9.91. The van der Waals surface area contributed by atoms with Crippen LogP contribution < -0.4 is 5.73 Å². The zero-order chi connectivity index (χ0) is 12.0. The van der Waals surface area contributed by atoms with Crippen LogP contribution in [0.5, 0.6) is 0 Å². The number of nitrogens with two attached hydrogens (primary N) is 1. The van der Waals surface area contributed by atoms with Crippen LogP contribution >= 0.6 is 0 Å². The van der Waals surface area contributed by atoms with Crippen molar-refractivity contribution in [1.29, 1.82) is 0 Å². The Morgan fingerprint density at radius 3 is 2.06 bits per heavy atom. The molecule has 1 saturated carbocycles. The fourth-order valence-electron chi connectivity index (χ4n) is 1.95. The molecule has 1 nitrogen and oxygen atoms in total. The predicted octanol–water partition coefficient (Wildman–Crippen LogP) is 2.76. The highest BCUT2D eigenvalue weighted by atomic mass is 19.3. The smallest absolute Gasteiger partial charge is 0.285 e. The molecule has 2 N–H and O–H groups in total. The summed E-state index contributed by atoms with van der Waals surface area (Å²) in [5.41, 5.74) is 2.30. The van der Waals surface area contributed by atoms with Gasteiger partial charge in [0.05, 0.1) is 0 Å². The van der Waals surface area contributed by atoms with Gasteiger partial charge in [-0.1, -0.05) is 30.3 Å². The van der Waals surface area contributed by atoms with Crippen LogP contribution in [0.2, 0.25) is 0 Å². The second-order valence-electron chi connectivity index (χ2n) is 4.11. The number of halogens is 4. The largest absolute Gasteiger partial charge is 0.329 e. The van der Waals surface area contributed by atoms with Crippen molar-refractivity contribution in [3.63, 3.8) is 0 Å². The van der Waals surface area contributed by atoms with E-state index in [1.165, 1.54) is 12.1 Å². The van der Waals surface area contributed by atoms with Gasteiger partial charge < -0.3 is 5.73 Å². The average molecular weight is 233 g/mol. The monoisotopic (exact) mass is 233 g/mol. The quantitative estimate of drug-likeness (QED) is 0.798. The first-order chi connectivity index (χ1) is 7.37. The molecule has 1 unspecified atom stereocenters. The maximum atomic E-state index is 13.9. The number of rotatable bonds is 3. The summed E-state index contributed by atoms with van der Waals surface area (Å²) in [7, 11) is 0. The molecule has 0 aliphatic heterocycles. The maximum absolute atomic E-state index is 13.9. The van der Waals surface area contributed by atoms with Crippen LogP contribution in [0.25, 0.3) is 0 Å². The number of alkyl halides is 4. The lowest BCUT2D eigenvalue weighted by Gasteiger charge is -2.26. The lowest BCUT2D eigenvalue weighted by Crippen LogP contribution is -2.38. The third-order valence-electron chi connectivity index (χ3n) is 3.18. The highest BCUT2D eigenvalue weighted by Gasteiger charge is 2.81. The fourth-order valence-corrected chi connectivity index (χ4v) is 1.95. The Morgan fingerprint density at radius 2 is 1.69 bits per heavy atom. The molecule has 0 bridgehead atoms. The van der Waals surface area contributed by atoms with Crippen molar-refractivity contribution in [2.24, 2.45) is 11.1 Å². The van der Waals surface area contributed by atoms with E-state index in [-0.39, 0.29) is 0 Å². The zero-order valence-electron chi connectivity index (χ0n) is 8.39. The molecule has 0 radical (unpaired) electrons. The van der Waals surface area contributed by atoms with E-state index in [9.17, 15) is 17.6 Å². The van der Waals surface area contributed by atoms with Gasteiger partial charge in [-0.05, 0) is 0 Å². The SMILES string of the molecule is NCC1(C(F)(F)c2ccccc2)CC1(F)F. The summed E-state index contributed by atoms with van der Waals surface area (Å²) in [4.78, 5) is 0. The molecule has 0 amide bonds. The first-order valence-corrected chi connectivity index (χ1v) is 4.89.